The number of nitrogens with one attached hydrogen (secondary N) is 1. The van der Waals surface area contributed by atoms with E-state index in [-0.39, 0.29) is 0 Å². The molecule has 0 aliphatic heterocycles. The Labute approximate surface area is 106 Å². The maximum Gasteiger partial charge on any atom is 0.128 e. The number of nitrogens with two attached hydrogens (primary N) is 1. The van der Waals surface area contributed by atoms with E-state index in [9.17, 15) is 8.78 Å². The van der Waals surface area contributed by atoms with Crippen molar-refractivity contribution >= 4 is 33.0 Å². The molecule has 0 aromatic heterocycles. The van der Waals surface area contributed by atoms with Crippen molar-refractivity contribution < 1.29 is 8.78 Å². The number of rotatable bonds is 2. The summed E-state index contributed by atoms with van der Waals surface area (Å²) in [7, 11) is 0. The van der Waals surface area contributed by atoms with E-state index in [1.54, 1.807) is 18.2 Å². The predicted octanol–water partition coefficient (Wildman–Crippen LogP) is 4.05. The summed E-state index contributed by atoms with van der Waals surface area (Å²) in [6, 6.07) is 8.43. The number of benzene rings is 2. The quantitative estimate of drug-likeness (QED) is 0.821. The van der Waals surface area contributed by atoms with Crippen LogP contribution < -0.4 is 11.1 Å². The first-order chi connectivity index (χ1) is 8.04. The molecule has 5 heteroatoms. The van der Waals surface area contributed by atoms with Crippen molar-refractivity contribution in [3.05, 3.63) is 52.5 Å². The summed E-state index contributed by atoms with van der Waals surface area (Å²) in [6.07, 6.45) is 0. The Kier molecular flexibility index (Phi) is 3.28. The molecule has 0 aliphatic carbocycles. The van der Waals surface area contributed by atoms with Crippen LogP contribution >= 0.6 is 15.9 Å². The van der Waals surface area contributed by atoms with Crippen molar-refractivity contribution in [2.45, 2.75) is 0 Å². The minimum atomic E-state index is -0.636. The van der Waals surface area contributed by atoms with Gasteiger partial charge in [-0.25, -0.2) is 8.78 Å². The van der Waals surface area contributed by atoms with Gasteiger partial charge in [0.1, 0.15) is 11.6 Å². The summed E-state index contributed by atoms with van der Waals surface area (Å²) < 4.78 is 26.8. The molecule has 2 nitrogen and oxygen atoms in total. The molecule has 0 aliphatic rings. The van der Waals surface area contributed by atoms with E-state index in [2.05, 4.69) is 21.2 Å². The third kappa shape index (κ3) is 2.94. The molecule has 0 amide bonds. The van der Waals surface area contributed by atoms with Gasteiger partial charge in [-0.1, -0.05) is 15.9 Å². The minimum absolute atomic E-state index is 0.316. The molecule has 0 bridgehead atoms. The van der Waals surface area contributed by atoms with Crippen LogP contribution in [-0.2, 0) is 0 Å². The Morgan fingerprint density at radius 1 is 1.00 bits per heavy atom. The molecule has 0 unspecified atom stereocenters. The summed E-state index contributed by atoms with van der Waals surface area (Å²) in [5.74, 6) is -1.27. The maximum absolute atomic E-state index is 13.0. The van der Waals surface area contributed by atoms with E-state index in [1.807, 2.05) is 0 Å². The SMILES string of the molecule is Nc1cc(Br)ccc1Nc1cc(F)cc(F)c1. The van der Waals surface area contributed by atoms with E-state index < -0.39 is 11.6 Å². The van der Waals surface area contributed by atoms with Crippen LogP contribution in [0.25, 0.3) is 0 Å². The van der Waals surface area contributed by atoms with Gasteiger partial charge in [0.25, 0.3) is 0 Å². The highest BCUT2D eigenvalue weighted by atomic mass is 79.9. The zero-order valence-electron chi connectivity index (χ0n) is 8.68. The summed E-state index contributed by atoms with van der Waals surface area (Å²) in [6.45, 7) is 0. The molecule has 88 valence electrons. The van der Waals surface area contributed by atoms with E-state index >= 15 is 0 Å². The molecule has 17 heavy (non-hydrogen) atoms. The number of halogens is 3. The van der Waals surface area contributed by atoms with Crippen LogP contribution in [0.3, 0.4) is 0 Å². The number of hydrogen-bond donors (Lipinski definition) is 2. The standard InChI is InChI=1S/C12H9BrF2N2/c13-7-1-2-12(11(16)3-7)17-10-5-8(14)4-9(15)6-10/h1-6,17H,16H2. The summed E-state index contributed by atoms with van der Waals surface area (Å²) >= 11 is 3.28. The maximum atomic E-state index is 13.0. The van der Waals surface area contributed by atoms with Crippen LogP contribution in [0.2, 0.25) is 0 Å². The number of nitrogen functional groups attached to an aromatic ring is 1. The monoisotopic (exact) mass is 298 g/mol. The minimum Gasteiger partial charge on any atom is -0.397 e. The van der Waals surface area contributed by atoms with Gasteiger partial charge in [-0.05, 0) is 30.3 Å². The van der Waals surface area contributed by atoms with Crippen LogP contribution in [0.1, 0.15) is 0 Å². The first-order valence-electron chi connectivity index (χ1n) is 4.83. The van der Waals surface area contributed by atoms with Gasteiger partial charge in [0.15, 0.2) is 0 Å². The van der Waals surface area contributed by atoms with Gasteiger partial charge in [0.2, 0.25) is 0 Å². The molecule has 0 atom stereocenters. The molecule has 2 rings (SSSR count). The summed E-state index contributed by atoms with van der Waals surface area (Å²) in [5.41, 5.74) is 7.17. The smallest absolute Gasteiger partial charge is 0.128 e. The lowest BCUT2D eigenvalue weighted by Crippen LogP contribution is -1.97. The molecule has 0 fully saturated rings. The fraction of sp³-hybridized carbons (Fsp3) is 0. The second-order valence-electron chi connectivity index (χ2n) is 3.51. The van der Waals surface area contributed by atoms with Gasteiger partial charge in [-0.15, -0.1) is 0 Å². The second-order valence-corrected chi connectivity index (χ2v) is 4.43. The Morgan fingerprint density at radius 3 is 2.24 bits per heavy atom. The molecule has 2 aromatic carbocycles. The van der Waals surface area contributed by atoms with Crippen molar-refractivity contribution in [3.8, 4) is 0 Å². The fourth-order valence-corrected chi connectivity index (χ4v) is 1.81. The second kappa shape index (κ2) is 4.71. The number of anilines is 3. The highest BCUT2D eigenvalue weighted by molar-refractivity contribution is 9.10. The molecule has 0 radical (unpaired) electrons. The van der Waals surface area contributed by atoms with Gasteiger partial charge >= 0.3 is 0 Å². The summed E-state index contributed by atoms with van der Waals surface area (Å²) in [4.78, 5) is 0. The molecule has 0 heterocycles. The largest absolute Gasteiger partial charge is 0.397 e. The molecule has 0 saturated carbocycles. The highest BCUT2D eigenvalue weighted by Gasteiger charge is 2.03. The lowest BCUT2D eigenvalue weighted by Gasteiger charge is -2.09. The van der Waals surface area contributed by atoms with Crippen LogP contribution in [0, 0.1) is 11.6 Å². The Balaban J connectivity index is 2.31. The lowest BCUT2D eigenvalue weighted by molar-refractivity contribution is 0.584. The number of hydrogen-bond acceptors (Lipinski definition) is 2. The van der Waals surface area contributed by atoms with Crippen molar-refractivity contribution in [1.82, 2.24) is 0 Å². The lowest BCUT2D eigenvalue weighted by atomic mass is 10.2. The van der Waals surface area contributed by atoms with Crippen LogP contribution in [0.15, 0.2) is 40.9 Å². The molecular formula is C12H9BrF2N2. The third-order valence-corrected chi connectivity index (χ3v) is 2.65. The molecule has 2 aromatic rings. The summed E-state index contributed by atoms with van der Waals surface area (Å²) in [5, 5.41) is 2.86. The highest BCUT2D eigenvalue weighted by Crippen LogP contribution is 2.26. The van der Waals surface area contributed by atoms with Crippen LogP contribution in [-0.4, -0.2) is 0 Å². The molecular weight excluding hydrogens is 290 g/mol. The van der Waals surface area contributed by atoms with Crippen molar-refractivity contribution in [2.75, 3.05) is 11.1 Å². The van der Waals surface area contributed by atoms with E-state index in [0.717, 1.165) is 10.5 Å². The van der Waals surface area contributed by atoms with Crippen molar-refractivity contribution in [2.24, 2.45) is 0 Å². The first-order valence-corrected chi connectivity index (χ1v) is 5.62. The van der Waals surface area contributed by atoms with Gasteiger partial charge < -0.3 is 11.1 Å². The molecule has 0 saturated heterocycles. The van der Waals surface area contributed by atoms with Gasteiger partial charge in [0.05, 0.1) is 11.4 Å². The van der Waals surface area contributed by atoms with E-state index in [1.165, 1.54) is 12.1 Å². The molecule has 0 spiro atoms. The Bertz CT molecular complexity index is 538. The Hall–Kier alpha value is -1.62. The average Bonchev–Trinajstić information content (AvgIpc) is 2.21. The predicted molar refractivity (Wildman–Crippen MR) is 68.2 cm³/mol. The average molecular weight is 299 g/mol. The van der Waals surface area contributed by atoms with Crippen LogP contribution in [0.5, 0.6) is 0 Å². The third-order valence-electron chi connectivity index (χ3n) is 2.16. The normalized spacial score (nSPS) is 10.3. The zero-order chi connectivity index (χ0) is 12.4. The van der Waals surface area contributed by atoms with E-state index in [4.69, 9.17) is 5.73 Å². The van der Waals surface area contributed by atoms with Crippen LogP contribution in [0.4, 0.5) is 25.8 Å². The molecule has 3 N–H and O–H groups in total. The first kappa shape index (κ1) is 11.9. The van der Waals surface area contributed by atoms with Crippen molar-refractivity contribution in [1.29, 1.82) is 0 Å². The zero-order valence-corrected chi connectivity index (χ0v) is 10.3. The van der Waals surface area contributed by atoms with Gasteiger partial charge in [0, 0.05) is 16.2 Å². The Morgan fingerprint density at radius 2 is 1.65 bits per heavy atom. The van der Waals surface area contributed by atoms with Gasteiger partial charge in [-0.2, -0.15) is 0 Å². The van der Waals surface area contributed by atoms with Gasteiger partial charge in [-0.3, -0.25) is 0 Å². The fourth-order valence-electron chi connectivity index (χ4n) is 1.43. The van der Waals surface area contributed by atoms with Crippen molar-refractivity contribution in [3.63, 3.8) is 0 Å². The van der Waals surface area contributed by atoms with E-state index in [0.29, 0.717) is 17.1 Å². The topological polar surface area (TPSA) is 38.0 Å².